The van der Waals surface area contributed by atoms with Crippen LogP contribution < -0.4 is 0 Å². The topological polar surface area (TPSA) is 111 Å². The number of hydrogen-bond donors (Lipinski definition) is 1. The molecule has 3 aromatic rings. The Hall–Kier alpha value is -3.90. The molecule has 3 aromatic carbocycles. The maximum atomic E-state index is 14.5. The number of carbonyl (C=O) groups is 3. The van der Waals surface area contributed by atoms with Gasteiger partial charge >= 0.3 is 5.97 Å². The van der Waals surface area contributed by atoms with Crippen molar-refractivity contribution in [1.29, 1.82) is 5.26 Å². The van der Waals surface area contributed by atoms with Crippen LogP contribution in [0.2, 0.25) is 10.0 Å². The highest BCUT2D eigenvalue weighted by Crippen LogP contribution is 2.45. The highest BCUT2D eigenvalue weighted by Gasteiger charge is 2.50. The largest absolute Gasteiger partial charge is 0.481 e. The standard InChI is InChI=1S/C33H31Cl2N3O5/c1-2-3-27(31(39)37-18-24(19-37)33(41)42)38-29(22-8-12-25(34)13-9-22)30(23-10-14-26(35)15-11-23)43-28(32(38)40)16-20-4-6-21(17-36)7-5-20/h4-15,24,27-30H,2-3,16,18-19H2,1H3,(H,41,42)/t27-,28+,29-,30+/m0/s1. The Kier molecular flexibility index (Phi) is 9.36. The van der Waals surface area contributed by atoms with Crippen LogP contribution in [0, 0.1) is 17.2 Å². The highest BCUT2D eigenvalue weighted by molar-refractivity contribution is 6.30. The SMILES string of the molecule is CCC[C@@H](C(=O)N1CC(C(=O)O)C1)N1C(=O)[C@@H](Cc2ccc(C#N)cc2)O[C@H](c2ccc(Cl)cc2)[C@@H]1c1ccc(Cl)cc1. The van der Waals surface area contributed by atoms with Crippen molar-refractivity contribution < 1.29 is 24.2 Å². The first-order chi connectivity index (χ1) is 20.7. The number of hydrogen-bond acceptors (Lipinski definition) is 5. The second-order valence-corrected chi connectivity index (χ2v) is 11.8. The molecular formula is C33H31Cl2N3O5. The Morgan fingerprint density at radius 1 is 0.977 bits per heavy atom. The zero-order valence-electron chi connectivity index (χ0n) is 23.5. The molecule has 0 bridgehead atoms. The van der Waals surface area contributed by atoms with E-state index in [1.165, 1.54) is 4.90 Å². The summed E-state index contributed by atoms with van der Waals surface area (Å²) in [6.07, 6.45) is -0.339. The van der Waals surface area contributed by atoms with Crippen LogP contribution in [0.15, 0.2) is 72.8 Å². The van der Waals surface area contributed by atoms with E-state index in [-0.39, 0.29) is 31.3 Å². The van der Waals surface area contributed by atoms with Crippen molar-refractivity contribution in [2.45, 2.75) is 50.5 Å². The summed E-state index contributed by atoms with van der Waals surface area (Å²) in [5.41, 5.74) is 2.84. The molecule has 2 amide bonds. The maximum absolute atomic E-state index is 14.5. The lowest BCUT2D eigenvalue weighted by molar-refractivity contribution is -0.185. The number of halogens is 2. The van der Waals surface area contributed by atoms with E-state index in [9.17, 15) is 24.8 Å². The fourth-order valence-electron chi connectivity index (χ4n) is 5.76. The lowest BCUT2D eigenvalue weighted by Gasteiger charge is -2.49. The van der Waals surface area contributed by atoms with E-state index in [1.807, 2.05) is 31.2 Å². The summed E-state index contributed by atoms with van der Waals surface area (Å²) in [5, 5.41) is 19.7. The zero-order valence-corrected chi connectivity index (χ0v) is 25.0. The molecule has 2 aliphatic rings. The molecule has 8 nitrogen and oxygen atoms in total. The summed E-state index contributed by atoms with van der Waals surface area (Å²) in [6, 6.07) is 21.9. The molecule has 10 heteroatoms. The van der Waals surface area contributed by atoms with Crippen molar-refractivity contribution in [3.63, 3.8) is 0 Å². The fraction of sp³-hybridized carbons (Fsp3) is 0.333. The fourth-order valence-corrected chi connectivity index (χ4v) is 6.01. The number of likely N-dealkylation sites (tertiary alicyclic amines) is 1. The number of carbonyl (C=O) groups excluding carboxylic acids is 2. The van der Waals surface area contributed by atoms with Crippen LogP contribution in [0.4, 0.5) is 0 Å². The number of aliphatic carboxylic acids is 1. The molecule has 2 aliphatic heterocycles. The molecule has 0 aliphatic carbocycles. The second-order valence-electron chi connectivity index (χ2n) is 10.9. The quantitative estimate of drug-likeness (QED) is 0.323. The molecule has 0 saturated carbocycles. The van der Waals surface area contributed by atoms with Gasteiger partial charge in [-0.05, 0) is 59.5 Å². The monoisotopic (exact) mass is 619 g/mol. The summed E-state index contributed by atoms with van der Waals surface area (Å²) in [7, 11) is 0. The second kappa shape index (κ2) is 13.2. The van der Waals surface area contributed by atoms with Crippen LogP contribution in [-0.2, 0) is 25.5 Å². The Balaban J connectivity index is 1.60. The number of nitrogens with zero attached hydrogens (tertiary/aromatic N) is 3. The van der Waals surface area contributed by atoms with Crippen LogP contribution in [0.5, 0.6) is 0 Å². The first-order valence-electron chi connectivity index (χ1n) is 14.2. The molecule has 0 aromatic heterocycles. The predicted octanol–water partition coefficient (Wildman–Crippen LogP) is 5.83. The van der Waals surface area contributed by atoms with Gasteiger partial charge in [0.25, 0.3) is 5.91 Å². The predicted molar refractivity (Wildman–Crippen MR) is 161 cm³/mol. The van der Waals surface area contributed by atoms with Crippen molar-refractivity contribution in [3.8, 4) is 6.07 Å². The molecule has 0 spiro atoms. The average Bonchev–Trinajstić information content (AvgIpc) is 2.97. The number of carboxylic acids is 1. The van der Waals surface area contributed by atoms with E-state index in [0.717, 1.165) is 16.7 Å². The van der Waals surface area contributed by atoms with Gasteiger partial charge in [0, 0.05) is 29.6 Å². The van der Waals surface area contributed by atoms with E-state index < -0.39 is 36.2 Å². The van der Waals surface area contributed by atoms with E-state index in [0.29, 0.717) is 28.5 Å². The van der Waals surface area contributed by atoms with Gasteiger partial charge in [-0.1, -0.05) is 72.9 Å². The van der Waals surface area contributed by atoms with Gasteiger partial charge in [0.2, 0.25) is 5.91 Å². The van der Waals surface area contributed by atoms with Crippen LogP contribution in [0.25, 0.3) is 0 Å². The van der Waals surface area contributed by atoms with E-state index >= 15 is 0 Å². The summed E-state index contributed by atoms with van der Waals surface area (Å²) in [5.74, 6) is -2.18. The van der Waals surface area contributed by atoms with Crippen molar-refractivity contribution in [1.82, 2.24) is 9.80 Å². The minimum Gasteiger partial charge on any atom is -0.481 e. The van der Waals surface area contributed by atoms with Gasteiger partial charge in [0.05, 0.1) is 23.6 Å². The third kappa shape index (κ3) is 6.54. The normalized spacial score (nSPS) is 21.2. The van der Waals surface area contributed by atoms with E-state index in [1.54, 1.807) is 53.4 Å². The number of nitriles is 1. The van der Waals surface area contributed by atoms with Crippen molar-refractivity contribution in [3.05, 3.63) is 105 Å². The highest BCUT2D eigenvalue weighted by atomic mass is 35.5. The third-order valence-electron chi connectivity index (χ3n) is 8.07. The third-order valence-corrected chi connectivity index (χ3v) is 8.57. The van der Waals surface area contributed by atoms with E-state index in [2.05, 4.69) is 6.07 Å². The summed E-state index contributed by atoms with van der Waals surface area (Å²) in [6.45, 7) is 2.16. The van der Waals surface area contributed by atoms with Crippen LogP contribution in [0.3, 0.4) is 0 Å². The minimum atomic E-state index is -0.942. The number of carboxylic acid groups (broad SMARTS) is 1. The Bertz CT molecular complexity index is 1520. The molecule has 43 heavy (non-hydrogen) atoms. The van der Waals surface area contributed by atoms with Gasteiger partial charge in [-0.3, -0.25) is 14.4 Å². The first-order valence-corrected chi connectivity index (χ1v) is 14.9. The number of benzene rings is 3. The maximum Gasteiger partial charge on any atom is 0.310 e. The Labute approximate surface area is 260 Å². The molecule has 2 heterocycles. The van der Waals surface area contributed by atoms with Crippen LogP contribution >= 0.6 is 23.2 Å². The van der Waals surface area contributed by atoms with Gasteiger partial charge in [-0.25, -0.2) is 0 Å². The zero-order chi connectivity index (χ0) is 30.7. The number of morpholine rings is 1. The number of rotatable bonds is 9. The van der Waals surface area contributed by atoms with Gasteiger partial charge < -0.3 is 19.6 Å². The lowest BCUT2D eigenvalue weighted by Crippen LogP contribution is -2.63. The number of amides is 2. The number of ether oxygens (including phenoxy) is 1. The molecule has 1 N–H and O–H groups in total. The molecular weight excluding hydrogens is 589 g/mol. The van der Waals surface area contributed by atoms with Gasteiger partial charge in [0.15, 0.2) is 0 Å². The summed E-state index contributed by atoms with van der Waals surface area (Å²) >= 11 is 12.5. The smallest absolute Gasteiger partial charge is 0.310 e. The minimum absolute atomic E-state index is 0.105. The van der Waals surface area contributed by atoms with Gasteiger partial charge in [-0.2, -0.15) is 5.26 Å². The Morgan fingerprint density at radius 3 is 2.09 bits per heavy atom. The van der Waals surface area contributed by atoms with Crippen molar-refractivity contribution in [2.24, 2.45) is 5.92 Å². The van der Waals surface area contributed by atoms with Gasteiger partial charge in [-0.15, -0.1) is 0 Å². The lowest BCUT2D eigenvalue weighted by atomic mass is 9.88. The van der Waals surface area contributed by atoms with Gasteiger partial charge in [0.1, 0.15) is 18.2 Å². The molecule has 5 rings (SSSR count). The van der Waals surface area contributed by atoms with E-state index in [4.69, 9.17) is 27.9 Å². The molecule has 0 radical (unpaired) electrons. The molecule has 0 unspecified atom stereocenters. The van der Waals surface area contributed by atoms with Crippen LogP contribution in [0.1, 0.15) is 54.2 Å². The molecule has 2 saturated heterocycles. The summed E-state index contributed by atoms with van der Waals surface area (Å²) in [4.78, 5) is 43.2. The molecule has 2 fully saturated rings. The summed E-state index contributed by atoms with van der Waals surface area (Å²) < 4.78 is 6.64. The van der Waals surface area contributed by atoms with Crippen molar-refractivity contribution in [2.75, 3.05) is 13.1 Å². The van der Waals surface area contributed by atoms with Crippen molar-refractivity contribution >= 4 is 41.0 Å². The Morgan fingerprint density at radius 2 is 1.56 bits per heavy atom. The molecule has 222 valence electrons. The molecule has 4 atom stereocenters. The van der Waals surface area contributed by atoms with Crippen LogP contribution in [-0.4, -0.2) is 57.9 Å². The first kappa shape index (κ1) is 30.6. The average molecular weight is 621 g/mol.